The summed E-state index contributed by atoms with van der Waals surface area (Å²) in [7, 11) is 1.50. The SMILES string of the molecule is CNC(=O)Nc1nc2c(-c3ncccn3)cc(-c3cnc(C(O)C4CC4)c(F)c3)cc2[nH]1. The van der Waals surface area contributed by atoms with Crippen LogP contribution in [0.1, 0.15) is 24.6 Å². The average molecular weight is 433 g/mol. The Kier molecular flexibility index (Phi) is 4.98. The Balaban J connectivity index is 1.61. The smallest absolute Gasteiger partial charge is 0.321 e. The largest absolute Gasteiger partial charge is 0.386 e. The Morgan fingerprint density at radius 2 is 1.97 bits per heavy atom. The van der Waals surface area contributed by atoms with E-state index in [1.165, 1.54) is 13.1 Å². The molecule has 4 N–H and O–H groups in total. The highest BCUT2D eigenvalue weighted by molar-refractivity contribution is 5.97. The van der Waals surface area contributed by atoms with Crippen molar-refractivity contribution < 1.29 is 14.3 Å². The molecule has 1 unspecified atom stereocenters. The third kappa shape index (κ3) is 3.76. The molecular formula is C22H20FN7O2. The summed E-state index contributed by atoms with van der Waals surface area (Å²) in [6.07, 6.45) is 5.66. The van der Waals surface area contributed by atoms with Crippen LogP contribution < -0.4 is 10.6 Å². The summed E-state index contributed by atoms with van der Waals surface area (Å²) >= 11 is 0. The van der Waals surface area contributed by atoms with Crippen LogP contribution in [0.3, 0.4) is 0 Å². The Morgan fingerprint density at radius 3 is 2.66 bits per heavy atom. The predicted molar refractivity (Wildman–Crippen MR) is 116 cm³/mol. The molecule has 10 heteroatoms. The Labute approximate surface area is 182 Å². The number of imidazole rings is 1. The number of carbonyl (C=O) groups is 1. The van der Waals surface area contributed by atoms with Crippen molar-refractivity contribution in [2.45, 2.75) is 18.9 Å². The first kappa shape index (κ1) is 20.0. The van der Waals surface area contributed by atoms with Crippen molar-refractivity contribution in [1.29, 1.82) is 0 Å². The summed E-state index contributed by atoms with van der Waals surface area (Å²) in [6.45, 7) is 0. The number of hydrogen-bond donors (Lipinski definition) is 4. The lowest BCUT2D eigenvalue weighted by Gasteiger charge is -2.11. The number of pyridine rings is 1. The summed E-state index contributed by atoms with van der Waals surface area (Å²) in [5.74, 6) is 0.218. The van der Waals surface area contributed by atoms with E-state index in [4.69, 9.17) is 0 Å². The number of anilines is 1. The van der Waals surface area contributed by atoms with E-state index in [-0.39, 0.29) is 17.6 Å². The average Bonchev–Trinajstić information content (AvgIpc) is 3.58. The molecule has 3 aromatic heterocycles. The quantitative estimate of drug-likeness (QED) is 0.382. The first-order valence-electron chi connectivity index (χ1n) is 10.2. The standard InChI is InChI=1S/C22H20FN7O2/c1-24-22(32)30-21-28-16-9-12(7-14(17(16)29-21)20-25-5-2-6-26-20)13-8-15(23)18(27-10-13)19(31)11-3-4-11/h2,5-11,19,31H,3-4H2,1H3,(H3,24,28,29,30,32). The molecule has 5 rings (SSSR count). The van der Waals surface area contributed by atoms with Crippen molar-refractivity contribution >= 4 is 23.0 Å². The van der Waals surface area contributed by atoms with E-state index in [1.54, 1.807) is 36.8 Å². The molecule has 0 radical (unpaired) electrons. The normalized spacial score (nSPS) is 14.3. The van der Waals surface area contributed by atoms with Gasteiger partial charge in [-0.3, -0.25) is 10.3 Å². The number of fused-ring (bicyclic) bond motifs is 1. The van der Waals surface area contributed by atoms with Crippen molar-refractivity contribution in [1.82, 2.24) is 30.2 Å². The molecule has 0 saturated heterocycles. The zero-order valence-electron chi connectivity index (χ0n) is 17.1. The van der Waals surface area contributed by atoms with Crippen LogP contribution in [0, 0.1) is 11.7 Å². The Morgan fingerprint density at radius 1 is 1.19 bits per heavy atom. The molecule has 1 aliphatic rings. The number of hydrogen-bond acceptors (Lipinski definition) is 6. The Bertz CT molecular complexity index is 1300. The highest BCUT2D eigenvalue weighted by Crippen LogP contribution is 2.41. The molecule has 4 aromatic rings. The van der Waals surface area contributed by atoms with Crippen molar-refractivity contribution in [2.24, 2.45) is 5.92 Å². The van der Waals surface area contributed by atoms with Crippen LogP contribution in [-0.4, -0.2) is 43.1 Å². The van der Waals surface area contributed by atoms with Gasteiger partial charge >= 0.3 is 6.03 Å². The van der Waals surface area contributed by atoms with Crippen LogP contribution >= 0.6 is 0 Å². The summed E-state index contributed by atoms with van der Waals surface area (Å²) < 4.78 is 14.8. The number of urea groups is 1. The molecule has 1 aromatic carbocycles. The summed E-state index contributed by atoms with van der Waals surface area (Å²) in [4.78, 5) is 32.1. The number of aromatic nitrogens is 5. The molecule has 1 aliphatic carbocycles. The van der Waals surface area contributed by atoms with Gasteiger partial charge in [0.15, 0.2) is 5.82 Å². The minimum Gasteiger partial charge on any atom is -0.386 e. The van der Waals surface area contributed by atoms with Crippen LogP contribution in [0.2, 0.25) is 0 Å². The second kappa shape index (κ2) is 7.97. The molecular weight excluding hydrogens is 413 g/mol. The number of nitrogens with one attached hydrogen (secondary N) is 3. The number of amides is 2. The lowest BCUT2D eigenvalue weighted by molar-refractivity contribution is 0.144. The maximum Gasteiger partial charge on any atom is 0.321 e. The minimum atomic E-state index is -0.884. The van der Waals surface area contributed by atoms with Crippen LogP contribution in [0.15, 0.2) is 42.9 Å². The number of carbonyl (C=O) groups excluding carboxylic acids is 1. The van der Waals surface area contributed by atoms with E-state index < -0.39 is 18.0 Å². The van der Waals surface area contributed by atoms with E-state index in [0.29, 0.717) is 33.5 Å². The summed E-state index contributed by atoms with van der Waals surface area (Å²) in [5.41, 5.74) is 3.04. The Hall–Kier alpha value is -3.92. The zero-order valence-corrected chi connectivity index (χ0v) is 17.1. The van der Waals surface area contributed by atoms with E-state index in [1.807, 2.05) is 0 Å². The molecule has 0 bridgehead atoms. The van der Waals surface area contributed by atoms with E-state index in [0.717, 1.165) is 12.8 Å². The second-order valence-corrected chi connectivity index (χ2v) is 7.66. The van der Waals surface area contributed by atoms with Gasteiger partial charge in [0.25, 0.3) is 0 Å². The monoisotopic (exact) mass is 433 g/mol. The minimum absolute atomic E-state index is 0.0718. The number of aliphatic hydroxyl groups excluding tert-OH is 1. The van der Waals surface area contributed by atoms with E-state index >= 15 is 0 Å². The lowest BCUT2D eigenvalue weighted by atomic mass is 10.0. The third-order valence-corrected chi connectivity index (χ3v) is 5.40. The molecule has 0 aliphatic heterocycles. The topological polar surface area (TPSA) is 129 Å². The number of H-pyrrole nitrogens is 1. The molecule has 1 atom stereocenters. The van der Waals surface area contributed by atoms with Gasteiger partial charge in [-0.25, -0.2) is 24.1 Å². The van der Waals surface area contributed by atoms with Crippen LogP contribution in [0.5, 0.6) is 0 Å². The van der Waals surface area contributed by atoms with Crippen LogP contribution in [0.25, 0.3) is 33.5 Å². The zero-order chi connectivity index (χ0) is 22.2. The maximum absolute atomic E-state index is 14.8. The van der Waals surface area contributed by atoms with Gasteiger partial charge in [0.2, 0.25) is 5.95 Å². The van der Waals surface area contributed by atoms with Crippen molar-refractivity contribution in [3.8, 4) is 22.5 Å². The van der Waals surface area contributed by atoms with Crippen LogP contribution in [-0.2, 0) is 0 Å². The van der Waals surface area contributed by atoms with E-state index in [9.17, 15) is 14.3 Å². The highest BCUT2D eigenvalue weighted by Gasteiger charge is 2.33. The van der Waals surface area contributed by atoms with Gasteiger partial charge in [0.05, 0.1) is 5.52 Å². The predicted octanol–water partition coefficient (Wildman–Crippen LogP) is 3.42. The molecule has 1 saturated carbocycles. The van der Waals surface area contributed by atoms with Gasteiger partial charge in [-0.05, 0) is 48.6 Å². The lowest BCUT2D eigenvalue weighted by Crippen LogP contribution is -2.24. The van der Waals surface area contributed by atoms with Crippen LogP contribution in [0.4, 0.5) is 15.1 Å². The molecule has 162 valence electrons. The number of aliphatic hydroxyl groups is 1. The van der Waals surface area contributed by atoms with E-state index in [2.05, 4.69) is 35.6 Å². The maximum atomic E-state index is 14.8. The fourth-order valence-corrected chi connectivity index (χ4v) is 3.58. The second-order valence-electron chi connectivity index (χ2n) is 7.66. The third-order valence-electron chi connectivity index (χ3n) is 5.40. The highest BCUT2D eigenvalue weighted by atomic mass is 19.1. The van der Waals surface area contributed by atoms with Gasteiger partial charge in [-0.1, -0.05) is 0 Å². The molecule has 0 spiro atoms. The number of halogens is 1. The van der Waals surface area contributed by atoms with Gasteiger partial charge in [-0.15, -0.1) is 0 Å². The number of rotatable bonds is 5. The molecule has 32 heavy (non-hydrogen) atoms. The molecule has 1 fully saturated rings. The fraction of sp³-hybridized carbons (Fsp3) is 0.227. The molecule has 2 amide bonds. The van der Waals surface area contributed by atoms with Crippen molar-refractivity contribution in [2.75, 3.05) is 12.4 Å². The van der Waals surface area contributed by atoms with Crippen molar-refractivity contribution in [3.05, 3.63) is 54.4 Å². The van der Waals surface area contributed by atoms with Gasteiger partial charge < -0.3 is 15.4 Å². The number of nitrogens with zero attached hydrogens (tertiary/aromatic N) is 4. The summed E-state index contributed by atoms with van der Waals surface area (Å²) in [6, 6.07) is 6.24. The van der Waals surface area contributed by atoms with Gasteiger partial charge in [0.1, 0.15) is 23.1 Å². The molecule has 3 heterocycles. The summed E-state index contributed by atoms with van der Waals surface area (Å²) in [5, 5.41) is 15.3. The number of aromatic amines is 1. The van der Waals surface area contributed by atoms with Gasteiger partial charge in [-0.2, -0.15) is 0 Å². The van der Waals surface area contributed by atoms with Crippen molar-refractivity contribution in [3.63, 3.8) is 0 Å². The van der Waals surface area contributed by atoms with Gasteiger partial charge in [0, 0.05) is 36.8 Å². The fourth-order valence-electron chi connectivity index (χ4n) is 3.58. The number of benzene rings is 1. The molecule has 9 nitrogen and oxygen atoms in total. The first-order chi connectivity index (χ1) is 15.5. The first-order valence-corrected chi connectivity index (χ1v) is 10.2.